The molecule has 0 saturated heterocycles. The monoisotopic (exact) mass is 272 g/mol. The molecule has 3 nitrogen and oxygen atoms in total. The zero-order valence-electron chi connectivity index (χ0n) is 10.4. The SMILES string of the molecule is COCc1c(C(=O)c2cccs2)oc2ccccc12. The lowest BCUT2D eigenvalue weighted by Crippen LogP contribution is -2.01. The summed E-state index contributed by atoms with van der Waals surface area (Å²) < 4.78 is 10.9. The quantitative estimate of drug-likeness (QED) is 0.677. The first-order valence-corrected chi connectivity index (χ1v) is 6.77. The van der Waals surface area contributed by atoms with Crippen LogP contribution >= 0.6 is 11.3 Å². The van der Waals surface area contributed by atoms with E-state index in [9.17, 15) is 4.79 Å². The van der Waals surface area contributed by atoms with Crippen molar-refractivity contribution < 1.29 is 13.9 Å². The minimum absolute atomic E-state index is 0.0850. The van der Waals surface area contributed by atoms with Gasteiger partial charge < -0.3 is 9.15 Å². The molecule has 3 aromatic rings. The summed E-state index contributed by atoms with van der Waals surface area (Å²) in [6, 6.07) is 11.3. The molecule has 2 heterocycles. The molecule has 0 N–H and O–H groups in total. The summed E-state index contributed by atoms with van der Waals surface area (Å²) in [6.07, 6.45) is 0. The van der Waals surface area contributed by atoms with Gasteiger partial charge in [-0.25, -0.2) is 0 Å². The number of hydrogen-bond donors (Lipinski definition) is 0. The summed E-state index contributed by atoms with van der Waals surface area (Å²) in [7, 11) is 1.61. The van der Waals surface area contributed by atoms with E-state index in [2.05, 4.69) is 0 Å². The fourth-order valence-corrected chi connectivity index (χ4v) is 2.75. The number of ketones is 1. The summed E-state index contributed by atoms with van der Waals surface area (Å²) in [6.45, 7) is 0.365. The lowest BCUT2D eigenvalue weighted by Gasteiger charge is -1.99. The van der Waals surface area contributed by atoms with Gasteiger partial charge in [0.2, 0.25) is 5.78 Å². The van der Waals surface area contributed by atoms with Gasteiger partial charge in [-0.2, -0.15) is 0 Å². The van der Waals surface area contributed by atoms with E-state index in [0.29, 0.717) is 17.2 Å². The molecule has 0 amide bonds. The number of rotatable bonds is 4. The highest BCUT2D eigenvalue weighted by atomic mass is 32.1. The molecule has 96 valence electrons. The lowest BCUT2D eigenvalue weighted by atomic mass is 10.1. The van der Waals surface area contributed by atoms with Gasteiger partial charge in [-0.15, -0.1) is 11.3 Å². The Morgan fingerprint density at radius 2 is 2.11 bits per heavy atom. The average Bonchev–Trinajstić information content (AvgIpc) is 3.06. The number of thiophene rings is 1. The van der Waals surface area contributed by atoms with Crippen LogP contribution in [0.15, 0.2) is 46.2 Å². The van der Waals surface area contributed by atoms with Crippen LogP contribution in [0.3, 0.4) is 0 Å². The standard InChI is InChI=1S/C15H12O3S/c1-17-9-11-10-5-2-3-6-12(10)18-15(11)14(16)13-7-4-8-19-13/h2-8H,9H2,1H3. The number of fused-ring (bicyclic) bond motifs is 1. The first-order chi connectivity index (χ1) is 9.31. The maximum Gasteiger partial charge on any atom is 0.238 e. The highest BCUT2D eigenvalue weighted by molar-refractivity contribution is 7.12. The number of carbonyl (C=O) groups excluding carboxylic acids is 1. The van der Waals surface area contributed by atoms with Gasteiger partial charge in [-0.1, -0.05) is 24.3 Å². The second-order valence-electron chi connectivity index (χ2n) is 4.15. The maximum atomic E-state index is 12.4. The fourth-order valence-electron chi connectivity index (χ4n) is 2.09. The van der Waals surface area contributed by atoms with Crippen LogP contribution in [0.5, 0.6) is 0 Å². The van der Waals surface area contributed by atoms with Gasteiger partial charge in [0.25, 0.3) is 0 Å². The third-order valence-electron chi connectivity index (χ3n) is 2.94. The number of methoxy groups -OCH3 is 1. The molecule has 0 spiro atoms. The van der Waals surface area contributed by atoms with Crippen LogP contribution in [0.1, 0.15) is 21.0 Å². The molecule has 0 aliphatic carbocycles. The van der Waals surface area contributed by atoms with Crippen LogP contribution in [0.4, 0.5) is 0 Å². The Morgan fingerprint density at radius 3 is 2.84 bits per heavy atom. The maximum absolute atomic E-state index is 12.4. The zero-order chi connectivity index (χ0) is 13.2. The molecule has 1 aromatic carbocycles. The van der Waals surface area contributed by atoms with E-state index >= 15 is 0 Å². The van der Waals surface area contributed by atoms with Crippen molar-refractivity contribution in [1.82, 2.24) is 0 Å². The Labute approximate surface area is 114 Å². The fraction of sp³-hybridized carbons (Fsp3) is 0.133. The molecule has 0 aliphatic rings. The van der Waals surface area contributed by atoms with Crippen molar-refractivity contribution in [1.29, 1.82) is 0 Å². The van der Waals surface area contributed by atoms with Crippen molar-refractivity contribution in [3.05, 3.63) is 58.0 Å². The average molecular weight is 272 g/mol. The predicted molar refractivity (Wildman–Crippen MR) is 74.7 cm³/mol. The summed E-state index contributed by atoms with van der Waals surface area (Å²) in [4.78, 5) is 13.1. The molecule has 2 aromatic heterocycles. The summed E-state index contributed by atoms with van der Waals surface area (Å²) >= 11 is 1.41. The number of para-hydroxylation sites is 1. The lowest BCUT2D eigenvalue weighted by molar-refractivity contribution is 0.101. The van der Waals surface area contributed by atoms with E-state index in [1.165, 1.54) is 11.3 Å². The van der Waals surface area contributed by atoms with Gasteiger partial charge >= 0.3 is 0 Å². The largest absolute Gasteiger partial charge is 0.452 e. The van der Waals surface area contributed by atoms with Crippen molar-refractivity contribution in [2.75, 3.05) is 7.11 Å². The number of benzene rings is 1. The molecular weight excluding hydrogens is 260 g/mol. The molecule has 19 heavy (non-hydrogen) atoms. The third kappa shape index (κ3) is 2.09. The van der Waals surface area contributed by atoms with Crippen LogP contribution in [0, 0.1) is 0 Å². The topological polar surface area (TPSA) is 39.4 Å². The summed E-state index contributed by atoms with van der Waals surface area (Å²) in [5.41, 5.74) is 1.53. The van der Waals surface area contributed by atoms with Crippen LogP contribution in [0.25, 0.3) is 11.0 Å². The van der Waals surface area contributed by atoms with Crippen molar-refractivity contribution in [3.8, 4) is 0 Å². The van der Waals surface area contributed by atoms with Gasteiger partial charge in [-0.3, -0.25) is 4.79 Å². The first-order valence-electron chi connectivity index (χ1n) is 5.89. The van der Waals surface area contributed by atoms with Crippen molar-refractivity contribution in [2.45, 2.75) is 6.61 Å². The van der Waals surface area contributed by atoms with E-state index in [1.54, 1.807) is 13.2 Å². The Bertz CT molecular complexity index is 710. The van der Waals surface area contributed by atoms with Crippen molar-refractivity contribution in [3.63, 3.8) is 0 Å². The molecule has 0 radical (unpaired) electrons. The third-order valence-corrected chi connectivity index (χ3v) is 3.81. The van der Waals surface area contributed by atoms with E-state index in [4.69, 9.17) is 9.15 Å². The van der Waals surface area contributed by atoms with E-state index in [0.717, 1.165) is 16.5 Å². The Morgan fingerprint density at radius 1 is 1.26 bits per heavy atom. The predicted octanol–water partition coefficient (Wildman–Crippen LogP) is 3.87. The van der Waals surface area contributed by atoms with Crippen molar-refractivity contribution >= 4 is 28.1 Å². The molecule has 4 heteroatoms. The zero-order valence-corrected chi connectivity index (χ0v) is 11.2. The van der Waals surface area contributed by atoms with E-state index < -0.39 is 0 Å². The van der Waals surface area contributed by atoms with Crippen LogP contribution in [-0.2, 0) is 11.3 Å². The normalized spacial score (nSPS) is 11.0. The van der Waals surface area contributed by atoms with E-state index in [1.807, 2.05) is 35.7 Å². The minimum atomic E-state index is -0.0850. The van der Waals surface area contributed by atoms with Crippen LogP contribution < -0.4 is 0 Å². The van der Waals surface area contributed by atoms with Crippen molar-refractivity contribution in [2.24, 2.45) is 0 Å². The minimum Gasteiger partial charge on any atom is -0.452 e. The molecule has 0 bridgehead atoms. The molecule has 3 rings (SSSR count). The Kier molecular flexibility index (Phi) is 3.19. The number of hydrogen-bond acceptors (Lipinski definition) is 4. The Hall–Kier alpha value is -1.91. The highest BCUT2D eigenvalue weighted by Gasteiger charge is 2.22. The van der Waals surface area contributed by atoms with E-state index in [-0.39, 0.29) is 5.78 Å². The number of furan rings is 1. The Balaban J connectivity index is 2.17. The second-order valence-corrected chi connectivity index (χ2v) is 5.09. The number of ether oxygens (including phenoxy) is 1. The van der Waals surface area contributed by atoms with Gasteiger partial charge in [0.1, 0.15) is 5.58 Å². The van der Waals surface area contributed by atoms with Crippen LogP contribution in [-0.4, -0.2) is 12.9 Å². The summed E-state index contributed by atoms with van der Waals surface area (Å²) in [5, 5.41) is 2.82. The number of carbonyl (C=O) groups is 1. The van der Waals surface area contributed by atoms with Gasteiger partial charge in [-0.05, 0) is 17.5 Å². The highest BCUT2D eigenvalue weighted by Crippen LogP contribution is 2.29. The second kappa shape index (κ2) is 4.99. The molecule has 0 atom stereocenters. The van der Waals surface area contributed by atoms with Gasteiger partial charge in [0, 0.05) is 18.1 Å². The first kappa shape index (κ1) is 12.1. The molecule has 0 saturated carbocycles. The summed E-state index contributed by atoms with van der Waals surface area (Å²) in [5.74, 6) is 0.295. The molecular formula is C15H12O3S. The van der Waals surface area contributed by atoms with Gasteiger partial charge in [0.05, 0.1) is 11.5 Å². The van der Waals surface area contributed by atoms with Crippen LogP contribution in [0.2, 0.25) is 0 Å². The molecule has 0 fully saturated rings. The molecule has 0 aliphatic heterocycles. The molecule has 0 unspecified atom stereocenters. The smallest absolute Gasteiger partial charge is 0.238 e. The van der Waals surface area contributed by atoms with Gasteiger partial charge in [0.15, 0.2) is 5.76 Å².